The molecule has 0 saturated heterocycles. The average molecular weight is 465 g/mol. The summed E-state index contributed by atoms with van der Waals surface area (Å²) in [6.45, 7) is 9.97. The number of fused-ring (bicyclic) bond motifs is 5. The van der Waals surface area contributed by atoms with Gasteiger partial charge in [-0.15, -0.1) is 0 Å². The Morgan fingerprint density at radius 3 is 2.52 bits per heavy atom. The van der Waals surface area contributed by atoms with Crippen molar-refractivity contribution in [2.24, 2.45) is 52.3 Å². The van der Waals surface area contributed by atoms with Gasteiger partial charge in [-0.25, -0.2) is 0 Å². The Hall–Kier alpha value is -0.650. The van der Waals surface area contributed by atoms with E-state index in [-0.39, 0.29) is 23.6 Å². The van der Waals surface area contributed by atoms with Crippen LogP contribution >= 0.6 is 0 Å². The van der Waals surface area contributed by atoms with Crippen LogP contribution in [0.3, 0.4) is 0 Å². The highest BCUT2D eigenvalue weighted by Crippen LogP contribution is 2.69. The molecule has 4 rings (SSSR count). The van der Waals surface area contributed by atoms with Gasteiger partial charge in [-0.2, -0.15) is 0 Å². The third kappa shape index (κ3) is 4.40. The molecular weight excluding hydrogens is 416 g/mol. The number of hydrogen-bond acceptors (Lipinski definition) is 5. The number of aliphatic hydroxyl groups is 1. The van der Waals surface area contributed by atoms with Gasteiger partial charge in [-0.3, -0.25) is 4.79 Å². The zero-order chi connectivity index (χ0) is 24.0. The van der Waals surface area contributed by atoms with E-state index in [0.29, 0.717) is 60.1 Å². The first-order chi connectivity index (χ1) is 15.7. The molecule has 5 heteroatoms. The Morgan fingerprint density at radius 1 is 1.09 bits per heavy atom. The predicted octanol–water partition coefficient (Wildman–Crippen LogP) is 5.44. The van der Waals surface area contributed by atoms with Crippen molar-refractivity contribution in [2.75, 3.05) is 21.0 Å². The van der Waals surface area contributed by atoms with Gasteiger partial charge in [0.05, 0.1) is 19.3 Å². The first kappa shape index (κ1) is 25.4. The van der Waals surface area contributed by atoms with Crippen molar-refractivity contribution in [3.8, 4) is 0 Å². The number of esters is 1. The molecule has 33 heavy (non-hydrogen) atoms. The second-order valence-corrected chi connectivity index (χ2v) is 12.6. The number of carbonyl (C=O) groups excluding carboxylic acids is 1. The minimum Gasteiger partial charge on any atom is -0.469 e. The SMILES string of the molecule is COCOC1C[C@@H]2C[C@@H](C)[C@H](O)C[C@]2(C)C2CC[C@@]3(C)C(CC[C@@H]3[C@H](C)CCC(=O)OC)C12. The van der Waals surface area contributed by atoms with Crippen molar-refractivity contribution >= 4 is 5.97 Å². The molecule has 0 heterocycles. The number of carbonyl (C=O) groups is 1. The molecule has 11 atom stereocenters. The van der Waals surface area contributed by atoms with Gasteiger partial charge < -0.3 is 19.3 Å². The molecule has 0 aliphatic heterocycles. The van der Waals surface area contributed by atoms with Crippen molar-refractivity contribution in [1.29, 1.82) is 0 Å². The minimum absolute atomic E-state index is 0.0883. The fourth-order valence-electron chi connectivity index (χ4n) is 9.39. The summed E-state index contributed by atoms with van der Waals surface area (Å²) in [7, 11) is 3.21. The lowest BCUT2D eigenvalue weighted by atomic mass is 9.43. The van der Waals surface area contributed by atoms with Crippen LogP contribution in [0.15, 0.2) is 0 Å². The Kier molecular flexibility index (Phi) is 7.54. The van der Waals surface area contributed by atoms with E-state index in [1.165, 1.54) is 32.8 Å². The van der Waals surface area contributed by atoms with Crippen molar-refractivity contribution in [3.05, 3.63) is 0 Å². The number of aliphatic hydroxyl groups excluding tert-OH is 1. The molecule has 0 bridgehead atoms. The molecule has 4 saturated carbocycles. The smallest absolute Gasteiger partial charge is 0.305 e. The number of rotatable bonds is 7. The lowest BCUT2D eigenvalue weighted by Gasteiger charge is -2.63. The van der Waals surface area contributed by atoms with Gasteiger partial charge in [0.25, 0.3) is 0 Å². The van der Waals surface area contributed by atoms with E-state index in [2.05, 4.69) is 27.7 Å². The van der Waals surface area contributed by atoms with Crippen LogP contribution in [0, 0.1) is 52.3 Å². The van der Waals surface area contributed by atoms with E-state index in [1.54, 1.807) is 7.11 Å². The van der Waals surface area contributed by atoms with Crippen LogP contribution in [0.4, 0.5) is 0 Å². The van der Waals surface area contributed by atoms with Crippen LogP contribution < -0.4 is 0 Å². The third-order valence-electron chi connectivity index (χ3n) is 11.2. The first-order valence-corrected chi connectivity index (χ1v) is 13.5. The van der Waals surface area contributed by atoms with Crippen molar-refractivity contribution in [3.63, 3.8) is 0 Å². The zero-order valence-corrected chi connectivity index (χ0v) is 21.8. The lowest BCUT2D eigenvalue weighted by Crippen LogP contribution is -2.60. The predicted molar refractivity (Wildman–Crippen MR) is 128 cm³/mol. The maximum Gasteiger partial charge on any atom is 0.305 e. The number of hydrogen-bond donors (Lipinski definition) is 1. The summed E-state index contributed by atoms with van der Waals surface area (Å²) >= 11 is 0. The van der Waals surface area contributed by atoms with E-state index in [0.717, 1.165) is 25.7 Å². The summed E-state index contributed by atoms with van der Waals surface area (Å²) in [4.78, 5) is 11.8. The van der Waals surface area contributed by atoms with Crippen LogP contribution in [-0.4, -0.2) is 44.3 Å². The molecule has 190 valence electrons. The molecule has 0 radical (unpaired) electrons. The molecule has 1 N–H and O–H groups in total. The fraction of sp³-hybridized carbons (Fsp3) is 0.964. The molecule has 4 aliphatic rings. The van der Waals surface area contributed by atoms with Gasteiger partial charge in [0.15, 0.2) is 0 Å². The molecule has 0 amide bonds. The van der Waals surface area contributed by atoms with Crippen LogP contribution in [0.5, 0.6) is 0 Å². The molecule has 4 unspecified atom stereocenters. The first-order valence-electron chi connectivity index (χ1n) is 13.5. The molecule has 0 aromatic rings. The van der Waals surface area contributed by atoms with Crippen molar-refractivity contribution < 1.29 is 24.1 Å². The monoisotopic (exact) mass is 464 g/mol. The van der Waals surface area contributed by atoms with Gasteiger partial charge in [0.2, 0.25) is 0 Å². The highest BCUT2D eigenvalue weighted by Gasteiger charge is 2.63. The molecule has 0 aromatic heterocycles. The molecule has 4 fully saturated rings. The van der Waals surface area contributed by atoms with E-state index < -0.39 is 0 Å². The summed E-state index contributed by atoms with van der Waals surface area (Å²) in [5, 5.41) is 10.9. The molecule has 0 spiro atoms. The Bertz CT molecular complexity index is 696. The minimum atomic E-state index is -0.175. The van der Waals surface area contributed by atoms with Crippen LogP contribution in [0.1, 0.15) is 85.5 Å². The van der Waals surface area contributed by atoms with Crippen molar-refractivity contribution in [1.82, 2.24) is 0 Å². The highest BCUT2D eigenvalue weighted by molar-refractivity contribution is 5.69. The normalized spacial score (nSPS) is 47.8. The van der Waals surface area contributed by atoms with Crippen LogP contribution in [-0.2, 0) is 19.0 Å². The summed E-state index contributed by atoms with van der Waals surface area (Å²) in [6.07, 6.45) is 9.69. The molecule has 4 aliphatic carbocycles. The van der Waals surface area contributed by atoms with Crippen LogP contribution in [0.25, 0.3) is 0 Å². The van der Waals surface area contributed by atoms with E-state index in [4.69, 9.17) is 14.2 Å². The Balaban J connectivity index is 1.59. The highest BCUT2D eigenvalue weighted by atomic mass is 16.7. The molecule has 5 nitrogen and oxygen atoms in total. The molecular formula is C28H48O5. The molecule has 0 aromatic carbocycles. The lowest BCUT2D eigenvalue weighted by molar-refractivity contribution is -0.214. The Morgan fingerprint density at radius 2 is 1.82 bits per heavy atom. The number of ether oxygens (including phenoxy) is 3. The fourth-order valence-corrected chi connectivity index (χ4v) is 9.39. The zero-order valence-electron chi connectivity index (χ0n) is 21.8. The van der Waals surface area contributed by atoms with Gasteiger partial charge in [0, 0.05) is 13.5 Å². The number of methoxy groups -OCH3 is 2. The van der Waals surface area contributed by atoms with E-state index in [9.17, 15) is 9.90 Å². The van der Waals surface area contributed by atoms with Gasteiger partial charge >= 0.3 is 5.97 Å². The van der Waals surface area contributed by atoms with Gasteiger partial charge in [-0.1, -0.05) is 27.7 Å². The quantitative estimate of drug-likeness (QED) is 0.401. The summed E-state index contributed by atoms with van der Waals surface area (Å²) in [5.74, 6) is 3.90. The third-order valence-corrected chi connectivity index (χ3v) is 11.2. The van der Waals surface area contributed by atoms with Crippen LogP contribution in [0.2, 0.25) is 0 Å². The van der Waals surface area contributed by atoms with Gasteiger partial charge in [-0.05, 0) is 104 Å². The second kappa shape index (κ2) is 9.78. The summed E-state index contributed by atoms with van der Waals surface area (Å²) < 4.78 is 16.7. The van der Waals surface area contributed by atoms with E-state index >= 15 is 0 Å². The second-order valence-electron chi connectivity index (χ2n) is 12.6. The maximum atomic E-state index is 11.8. The maximum absolute atomic E-state index is 11.8. The van der Waals surface area contributed by atoms with Crippen molar-refractivity contribution in [2.45, 2.75) is 97.7 Å². The van der Waals surface area contributed by atoms with E-state index in [1.807, 2.05) is 0 Å². The Labute approximate surface area is 201 Å². The van der Waals surface area contributed by atoms with Gasteiger partial charge in [0.1, 0.15) is 6.79 Å². The standard InChI is InChI=1S/C28H48O5/c1-17(7-10-25(30)32-6)20-8-9-21-26-22(11-12-27(20,21)3)28(4)15-23(29)18(2)13-19(28)14-24(26)33-16-31-5/h17-24,26,29H,7-16H2,1-6H3/t17-,18-,19+,20-,21?,22?,23-,24?,26?,27-,28+/m1/s1. The average Bonchev–Trinajstić information content (AvgIpc) is 3.14. The summed E-state index contributed by atoms with van der Waals surface area (Å²) in [5.41, 5.74) is 0.509. The largest absolute Gasteiger partial charge is 0.469 e. The summed E-state index contributed by atoms with van der Waals surface area (Å²) in [6, 6.07) is 0. The topological polar surface area (TPSA) is 65.0 Å².